The maximum atomic E-state index is 13.2. The van der Waals surface area contributed by atoms with Crippen molar-refractivity contribution in [2.45, 2.75) is 58.8 Å². The van der Waals surface area contributed by atoms with E-state index >= 15 is 0 Å². The van der Waals surface area contributed by atoms with Crippen LogP contribution in [0.1, 0.15) is 62.9 Å². The molecule has 7 nitrogen and oxygen atoms in total. The molecule has 0 spiro atoms. The highest BCUT2D eigenvalue weighted by Gasteiger charge is 2.45. The summed E-state index contributed by atoms with van der Waals surface area (Å²) in [5.41, 5.74) is 2.31. The van der Waals surface area contributed by atoms with Crippen molar-refractivity contribution in [2.24, 2.45) is 11.8 Å². The van der Waals surface area contributed by atoms with Crippen molar-refractivity contribution >= 4 is 40.8 Å². The number of hydrogen-bond donors (Lipinski definition) is 1. The number of thiazole rings is 2. The summed E-state index contributed by atoms with van der Waals surface area (Å²) < 4.78 is 5.49. The second-order valence-corrected chi connectivity index (χ2v) is 12.0. The van der Waals surface area contributed by atoms with Gasteiger partial charge in [0.25, 0.3) is 0 Å². The lowest BCUT2D eigenvalue weighted by Crippen LogP contribution is -2.43. The largest absolute Gasteiger partial charge is 0.439 e. The number of allylic oxidation sites excluding steroid dienone is 4. The number of cyclic esters (lactones) is 1. The zero-order valence-corrected chi connectivity index (χ0v) is 24.9. The Kier molecular flexibility index (Phi) is 9.84. The summed E-state index contributed by atoms with van der Waals surface area (Å²) in [6.45, 7) is 9.79. The van der Waals surface area contributed by atoms with E-state index in [4.69, 9.17) is 9.72 Å². The quantitative estimate of drug-likeness (QED) is 0.255. The molecule has 3 heterocycles. The van der Waals surface area contributed by atoms with E-state index in [-0.39, 0.29) is 5.92 Å². The Hall–Kier alpha value is -3.40. The normalized spacial score (nSPS) is 20.2. The summed E-state index contributed by atoms with van der Waals surface area (Å²) in [6.07, 6.45) is 9.29. The highest BCUT2D eigenvalue weighted by atomic mass is 32.1. The van der Waals surface area contributed by atoms with Crippen LogP contribution in [0.4, 0.5) is 4.79 Å². The molecule has 9 heteroatoms. The van der Waals surface area contributed by atoms with Crippen LogP contribution in [0.2, 0.25) is 0 Å². The van der Waals surface area contributed by atoms with Gasteiger partial charge in [0.2, 0.25) is 5.91 Å². The first-order chi connectivity index (χ1) is 19.2. The maximum absolute atomic E-state index is 13.2. The lowest BCUT2D eigenvalue weighted by molar-refractivity contribution is -0.135. The van der Waals surface area contributed by atoms with Gasteiger partial charge < -0.3 is 9.84 Å². The maximum Gasteiger partial charge on any atom is 0.417 e. The molecule has 1 fully saturated rings. The molecule has 0 saturated carbocycles. The predicted octanol–water partition coefficient (Wildman–Crippen LogP) is 7.26. The molecular weight excluding hydrogens is 542 g/mol. The molecule has 0 bridgehead atoms. The van der Waals surface area contributed by atoms with Crippen LogP contribution >= 0.6 is 22.7 Å². The number of benzene rings is 1. The Morgan fingerprint density at radius 3 is 2.48 bits per heavy atom. The fourth-order valence-electron chi connectivity index (χ4n) is 4.25. The van der Waals surface area contributed by atoms with Crippen molar-refractivity contribution in [3.05, 3.63) is 87.7 Å². The van der Waals surface area contributed by atoms with Crippen LogP contribution in [-0.4, -0.2) is 44.1 Å². The van der Waals surface area contributed by atoms with Gasteiger partial charge in [0.15, 0.2) is 0 Å². The number of ether oxygens (including phenoxy) is 1. The molecule has 1 aromatic carbocycles. The molecule has 1 saturated heterocycles. The van der Waals surface area contributed by atoms with E-state index in [1.54, 1.807) is 31.3 Å². The number of nitrogens with zero attached hydrogens (tertiary/aromatic N) is 3. The average Bonchev–Trinajstić information content (AvgIpc) is 3.68. The van der Waals surface area contributed by atoms with E-state index in [1.165, 1.54) is 17.4 Å². The standard InChI is InChI=1S/C31H35N3O4S2/c1-19(2)11-9-10-12-20(3)28-33-25(18-40-28)29-32-24(17-39-29)15-16-26(35)21(4)30(36)34-22(5)27(38-31(34)37)23-13-7-6-8-14-23/h6-22,26-27,35H,1-5H3/b11-9+,12-10+,16-15+/t20-,21+,22+,26-,27+/m0/s1. The summed E-state index contributed by atoms with van der Waals surface area (Å²) in [5.74, 6) is -0.609. The number of rotatable bonds is 10. The molecule has 3 aromatic rings. The third-order valence-corrected chi connectivity index (χ3v) is 8.59. The van der Waals surface area contributed by atoms with Crippen molar-refractivity contribution in [1.29, 1.82) is 0 Å². The first-order valence-electron chi connectivity index (χ1n) is 13.4. The van der Waals surface area contributed by atoms with E-state index in [0.717, 1.165) is 26.2 Å². The molecule has 5 atom stereocenters. The Labute approximate surface area is 243 Å². The Morgan fingerprint density at radius 2 is 1.75 bits per heavy atom. The van der Waals surface area contributed by atoms with E-state index < -0.39 is 36.2 Å². The van der Waals surface area contributed by atoms with Gasteiger partial charge in [-0.05, 0) is 24.5 Å². The van der Waals surface area contributed by atoms with Gasteiger partial charge in [0.05, 0.1) is 28.8 Å². The number of hydrogen-bond acceptors (Lipinski definition) is 8. The third kappa shape index (κ3) is 7.02. The zero-order valence-electron chi connectivity index (χ0n) is 23.3. The van der Waals surface area contributed by atoms with Gasteiger partial charge in [-0.15, -0.1) is 22.7 Å². The SMILES string of the molecule is CC(C)/C=C/C=C/[C@H](C)c1nc(-c2nc(/C=C/[C@H](O)[C@@H](C)C(=O)N3C(=O)O[C@@H](c4ccccc4)[C@H]3C)cs2)cs1. The minimum atomic E-state index is -1.10. The second kappa shape index (κ2) is 13.3. The van der Waals surface area contributed by atoms with Crippen molar-refractivity contribution in [1.82, 2.24) is 14.9 Å². The van der Waals surface area contributed by atoms with Crippen LogP contribution in [0.25, 0.3) is 16.8 Å². The fourth-order valence-corrected chi connectivity index (χ4v) is 5.91. The monoisotopic (exact) mass is 577 g/mol. The van der Waals surface area contributed by atoms with Crippen LogP contribution in [0.5, 0.6) is 0 Å². The second-order valence-electron chi connectivity index (χ2n) is 10.3. The number of aliphatic hydroxyl groups is 1. The number of aliphatic hydroxyl groups excluding tert-OH is 1. The van der Waals surface area contributed by atoms with Crippen molar-refractivity contribution < 1.29 is 19.4 Å². The first kappa shape index (κ1) is 29.6. The molecule has 0 unspecified atom stereocenters. The molecule has 1 aliphatic rings. The minimum absolute atomic E-state index is 0.197. The topological polar surface area (TPSA) is 92.6 Å². The first-order valence-corrected chi connectivity index (χ1v) is 15.1. The molecule has 1 aliphatic heterocycles. The Bertz CT molecular complexity index is 1390. The summed E-state index contributed by atoms with van der Waals surface area (Å²) in [7, 11) is 0. The fraction of sp³-hybridized carbons (Fsp3) is 0.355. The molecule has 1 N–H and O–H groups in total. The zero-order chi connectivity index (χ0) is 28.8. The average molecular weight is 578 g/mol. The van der Waals surface area contributed by atoms with Gasteiger partial charge in [0.1, 0.15) is 16.8 Å². The molecule has 40 heavy (non-hydrogen) atoms. The molecule has 2 aromatic heterocycles. The van der Waals surface area contributed by atoms with Gasteiger partial charge in [0, 0.05) is 16.7 Å². The Balaban J connectivity index is 1.36. The number of imide groups is 1. The smallest absolute Gasteiger partial charge is 0.417 e. The van der Waals surface area contributed by atoms with Gasteiger partial charge in [-0.3, -0.25) is 4.79 Å². The Morgan fingerprint density at radius 1 is 1.02 bits per heavy atom. The summed E-state index contributed by atoms with van der Waals surface area (Å²) in [5, 5.41) is 16.4. The predicted molar refractivity (Wildman–Crippen MR) is 161 cm³/mol. The molecule has 210 valence electrons. The lowest BCUT2D eigenvalue weighted by atomic mass is 9.99. The van der Waals surface area contributed by atoms with Crippen LogP contribution in [0, 0.1) is 11.8 Å². The number of carbonyl (C=O) groups is 2. The molecule has 2 amide bonds. The van der Waals surface area contributed by atoms with Crippen LogP contribution in [0.15, 0.2) is 71.5 Å². The molecule has 0 aliphatic carbocycles. The summed E-state index contributed by atoms with van der Waals surface area (Å²) in [4.78, 5) is 36.2. The van der Waals surface area contributed by atoms with Crippen LogP contribution in [-0.2, 0) is 9.53 Å². The summed E-state index contributed by atoms with van der Waals surface area (Å²) in [6, 6.07) is 8.84. The number of amides is 2. The van der Waals surface area contributed by atoms with Crippen molar-refractivity contribution in [3.8, 4) is 10.7 Å². The highest BCUT2D eigenvalue weighted by Crippen LogP contribution is 2.34. The molecular formula is C31H35N3O4S2. The van der Waals surface area contributed by atoms with Gasteiger partial charge in [-0.25, -0.2) is 19.7 Å². The molecule has 4 rings (SSSR count). The van der Waals surface area contributed by atoms with E-state index in [2.05, 4.69) is 50.1 Å². The van der Waals surface area contributed by atoms with Gasteiger partial charge >= 0.3 is 6.09 Å². The van der Waals surface area contributed by atoms with E-state index in [1.807, 2.05) is 41.1 Å². The van der Waals surface area contributed by atoms with Crippen molar-refractivity contribution in [3.63, 3.8) is 0 Å². The van der Waals surface area contributed by atoms with Crippen LogP contribution < -0.4 is 0 Å². The van der Waals surface area contributed by atoms with Gasteiger partial charge in [-0.2, -0.15) is 0 Å². The van der Waals surface area contributed by atoms with Gasteiger partial charge in [-0.1, -0.05) is 88.4 Å². The van der Waals surface area contributed by atoms with E-state index in [0.29, 0.717) is 11.6 Å². The van der Waals surface area contributed by atoms with Crippen molar-refractivity contribution in [2.75, 3.05) is 0 Å². The number of aromatic nitrogens is 2. The van der Waals surface area contributed by atoms with E-state index in [9.17, 15) is 14.7 Å². The summed E-state index contributed by atoms with van der Waals surface area (Å²) >= 11 is 3.08. The van der Waals surface area contributed by atoms with Crippen LogP contribution in [0.3, 0.4) is 0 Å². The lowest BCUT2D eigenvalue weighted by Gasteiger charge is -2.24. The number of carbonyl (C=O) groups excluding carboxylic acids is 2. The molecule has 0 radical (unpaired) electrons. The highest BCUT2D eigenvalue weighted by molar-refractivity contribution is 7.14. The third-order valence-electron chi connectivity index (χ3n) is 6.66. The minimum Gasteiger partial charge on any atom is -0.439 e.